The van der Waals surface area contributed by atoms with Gasteiger partial charge in [0, 0.05) is 84.5 Å². The van der Waals surface area contributed by atoms with E-state index < -0.39 is 17.2 Å². The molecule has 0 saturated carbocycles. The predicted molar refractivity (Wildman–Crippen MR) is 221 cm³/mol. The highest BCUT2D eigenvalue weighted by Crippen LogP contribution is 2.25. The second-order valence-corrected chi connectivity index (χ2v) is 18.5. The van der Waals surface area contributed by atoms with Crippen LogP contribution in [0.4, 0.5) is 9.59 Å². The number of ether oxygens (including phenoxy) is 2. The maximum atomic E-state index is 12.1. The Morgan fingerprint density at radius 2 is 0.965 bits per heavy atom. The molecule has 6 heterocycles. The van der Waals surface area contributed by atoms with Crippen LogP contribution < -0.4 is 10.3 Å². The highest BCUT2D eigenvalue weighted by atomic mass is 16.6. The summed E-state index contributed by atoms with van der Waals surface area (Å²) in [7, 11) is 0. The Kier molecular flexibility index (Phi) is 20.6. The summed E-state index contributed by atoms with van der Waals surface area (Å²) in [6.45, 7) is 21.0. The van der Waals surface area contributed by atoms with Crippen LogP contribution in [0.5, 0.6) is 0 Å². The Bertz CT molecular complexity index is 1260. The molecule has 14 nitrogen and oxygen atoms in total. The average Bonchev–Trinajstić information content (AvgIpc) is 3.98. The number of nitrogens with one attached hydrogen (secondary N) is 2. The van der Waals surface area contributed by atoms with Gasteiger partial charge in [-0.25, -0.2) is 9.59 Å². The van der Waals surface area contributed by atoms with Crippen LogP contribution in [0, 0.1) is 17.8 Å². The molecule has 14 heteroatoms. The monoisotopic (exact) mass is 806 g/mol. The van der Waals surface area contributed by atoms with Crippen LogP contribution in [-0.2, 0) is 23.9 Å². The molecule has 0 atom stereocenters. The Labute approximate surface area is 342 Å². The van der Waals surface area contributed by atoms with Gasteiger partial charge in [-0.1, -0.05) is 0 Å². The molecule has 5 saturated heterocycles. The van der Waals surface area contributed by atoms with Crippen molar-refractivity contribution in [3.05, 3.63) is 0 Å². The number of piperidine rings is 3. The molecule has 0 aromatic heterocycles. The molecule has 0 aliphatic carbocycles. The zero-order valence-corrected chi connectivity index (χ0v) is 36.3. The summed E-state index contributed by atoms with van der Waals surface area (Å²) in [5, 5.41) is 12.0. The number of amides is 4. The van der Waals surface area contributed by atoms with Crippen LogP contribution >= 0.6 is 0 Å². The van der Waals surface area contributed by atoms with Crippen molar-refractivity contribution in [2.24, 2.45) is 17.8 Å². The van der Waals surface area contributed by atoms with Crippen molar-refractivity contribution >= 4 is 36.2 Å². The van der Waals surface area contributed by atoms with Crippen LogP contribution in [-0.4, -0.2) is 144 Å². The lowest BCUT2D eigenvalue weighted by molar-refractivity contribution is -0.442. The molecule has 0 spiro atoms. The molecule has 0 bridgehead atoms. The van der Waals surface area contributed by atoms with Gasteiger partial charge in [-0.2, -0.15) is 0 Å². The smallest absolute Gasteiger partial charge is 0.410 e. The van der Waals surface area contributed by atoms with Gasteiger partial charge in [0.1, 0.15) is 24.0 Å². The summed E-state index contributed by atoms with van der Waals surface area (Å²) in [5.74, 6) is 1.17. The molecule has 0 radical (unpaired) electrons. The van der Waals surface area contributed by atoms with Crippen molar-refractivity contribution in [2.75, 3.05) is 72.0 Å². The van der Waals surface area contributed by atoms with E-state index in [-0.39, 0.29) is 24.5 Å². The number of nitrogens with zero attached hydrogens (tertiary/aromatic N) is 4. The first-order valence-corrected chi connectivity index (χ1v) is 22.0. The number of carboxylic acid groups (broad SMARTS) is 1. The summed E-state index contributed by atoms with van der Waals surface area (Å²) in [5.41, 5.74) is -0.922. The maximum Gasteiger partial charge on any atom is 0.410 e. The molecular weight excluding hydrogens is 729 g/mol. The second kappa shape index (κ2) is 24.5. The number of carbonyl (C=O) groups is 5. The quantitative estimate of drug-likeness (QED) is 0.346. The van der Waals surface area contributed by atoms with Gasteiger partial charge in [-0.05, 0) is 137 Å². The lowest BCUT2D eigenvalue weighted by Gasteiger charge is -2.33. The number of hydrogen-bond acceptors (Lipinski definition) is 8. The zero-order chi connectivity index (χ0) is 41.8. The van der Waals surface area contributed by atoms with Gasteiger partial charge in [0.05, 0.1) is 0 Å². The Balaban J connectivity index is 0.000000218. The highest BCUT2D eigenvalue weighted by molar-refractivity contribution is 5.77. The maximum absolute atomic E-state index is 12.1. The van der Waals surface area contributed by atoms with Crippen molar-refractivity contribution in [1.82, 2.24) is 24.9 Å². The molecule has 6 aliphatic heterocycles. The minimum absolute atomic E-state index is 0.186. The van der Waals surface area contributed by atoms with Crippen molar-refractivity contribution < 1.29 is 43.5 Å². The van der Waals surface area contributed by atoms with Gasteiger partial charge in [0.25, 0.3) is 0 Å². The summed E-state index contributed by atoms with van der Waals surface area (Å²) < 4.78 is 10.7. The Morgan fingerprint density at radius 3 is 1.28 bits per heavy atom. The topological polar surface area (TPSA) is 163 Å². The first kappa shape index (κ1) is 48.0. The first-order valence-electron chi connectivity index (χ1n) is 22.0. The van der Waals surface area contributed by atoms with Crippen molar-refractivity contribution in [1.29, 1.82) is 0 Å². The molecule has 4 amide bonds. The van der Waals surface area contributed by atoms with Crippen LogP contribution in [0.25, 0.3) is 0 Å². The fourth-order valence-electron chi connectivity index (χ4n) is 7.82. The lowest BCUT2D eigenvalue weighted by atomic mass is 9.93. The van der Waals surface area contributed by atoms with Gasteiger partial charge in [0.15, 0.2) is 0 Å². The number of rotatable bonds is 6. The molecule has 3 N–H and O–H groups in total. The molecule has 326 valence electrons. The molecule has 57 heavy (non-hydrogen) atoms. The second-order valence-electron chi connectivity index (χ2n) is 18.5. The van der Waals surface area contributed by atoms with E-state index in [1.165, 1.54) is 45.1 Å². The molecule has 0 aromatic rings. The standard InChI is InChI=1S/C16H28N2O3.C12H21NO4.C11H20N2O.C4H7N/c1-16(2,3)21-15(20)18-10-6-13(7-11-18)12-14(19)17-8-4-5-9-17;1-12(2,3)17-11(16)13-6-4-9(5-7-13)8-10(14)15;14-11(13-7-1-2-8-13)9-10-3-5-12-6-4-10;1-2-4-5-3-1/h13H,4-12H2,1-3H3;9H,4-8H2,1-3H3,(H,14,15);10,12H,1-9H2;3H,1-2,4H2/p+1. The average molecular weight is 806 g/mol. The van der Waals surface area contributed by atoms with Crippen molar-refractivity contribution in [3.8, 4) is 0 Å². The van der Waals surface area contributed by atoms with E-state index in [9.17, 15) is 24.0 Å². The van der Waals surface area contributed by atoms with Crippen LogP contribution in [0.3, 0.4) is 0 Å². The van der Waals surface area contributed by atoms with Gasteiger partial charge in [-0.3, -0.25) is 19.4 Å². The molecule has 0 aromatic carbocycles. The Morgan fingerprint density at radius 1 is 0.579 bits per heavy atom. The third kappa shape index (κ3) is 20.2. The van der Waals surface area contributed by atoms with Crippen LogP contribution in [0.15, 0.2) is 0 Å². The van der Waals surface area contributed by atoms with E-state index in [2.05, 4.69) is 16.5 Å². The Hall–Kier alpha value is -3.42. The zero-order valence-electron chi connectivity index (χ0n) is 36.3. The highest BCUT2D eigenvalue weighted by Gasteiger charge is 2.30. The molecule has 5 fully saturated rings. The summed E-state index contributed by atoms with van der Waals surface area (Å²) in [6, 6.07) is 0. The van der Waals surface area contributed by atoms with Crippen molar-refractivity contribution in [2.45, 2.75) is 149 Å². The largest absolute Gasteiger partial charge is 0.481 e. The van der Waals surface area contributed by atoms with Crippen molar-refractivity contribution in [3.63, 3.8) is 0 Å². The number of hydrogen-bond donors (Lipinski definition) is 3. The van der Waals surface area contributed by atoms with Gasteiger partial charge < -0.3 is 39.5 Å². The summed E-state index contributed by atoms with van der Waals surface area (Å²) >= 11 is 0. The molecule has 6 rings (SSSR count). The third-order valence-corrected chi connectivity index (χ3v) is 11.1. The predicted octanol–water partition coefficient (Wildman–Crippen LogP) is 4.68. The van der Waals surface area contributed by atoms with E-state index in [0.717, 1.165) is 84.2 Å². The minimum atomic E-state index is -0.763. The molecule has 0 unspecified atom stereocenters. The van der Waals surface area contributed by atoms with Crippen LogP contribution in [0.1, 0.15) is 138 Å². The fraction of sp³-hybridized carbons (Fsp3) is 0.860. The van der Waals surface area contributed by atoms with E-state index in [1.807, 2.05) is 51.3 Å². The SMILES string of the molecule is C1=[NH+]CCC1.CC(C)(C)OC(=O)N1CCC(CC(=O)N2CCCC2)CC1.CC(C)(C)OC(=O)N1CCC(CC(=O)O)CC1.O=C(CC1CCNCC1)N1CCCC1. The normalized spacial score (nSPS) is 20.7. The number of carboxylic acids is 1. The third-order valence-electron chi connectivity index (χ3n) is 11.1. The molecule has 6 aliphatic rings. The lowest BCUT2D eigenvalue weighted by Crippen LogP contribution is -2.65. The number of likely N-dealkylation sites (tertiary alicyclic amines) is 4. The van der Waals surface area contributed by atoms with Crippen LogP contribution in [0.2, 0.25) is 0 Å². The summed E-state index contributed by atoms with van der Waals surface area (Å²) in [4.78, 5) is 68.8. The van der Waals surface area contributed by atoms with Gasteiger partial charge in [0.2, 0.25) is 11.8 Å². The van der Waals surface area contributed by atoms with Gasteiger partial charge in [-0.15, -0.1) is 0 Å². The van der Waals surface area contributed by atoms with E-state index >= 15 is 0 Å². The fourth-order valence-corrected chi connectivity index (χ4v) is 7.82. The number of carbonyl (C=O) groups excluding carboxylic acids is 4. The van der Waals surface area contributed by atoms with E-state index in [1.54, 1.807) is 9.80 Å². The number of aliphatic carboxylic acids is 1. The first-order chi connectivity index (χ1) is 27.0. The van der Waals surface area contributed by atoms with E-state index in [4.69, 9.17) is 14.6 Å². The van der Waals surface area contributed by atoms with Gasteiger partial charge >= 0.3 is 18.2 Å². The summed E-state index contributed by atoms with van der Waals surface area (Å²) in [6.07, 6.45) is 16.2. The molecular formula is C43H77N6O8+. The minimum Gasteiger partial charge on any atom is -0.481 e. The van der Waals surface area contributed by atoms with E-state index in [0.29, 0.717) is 56.3 Å².